The lowest BCUT2D eigenvalue weighted by Crippen LogP contribution is -2.61. The number of likely N-dealkylation sites (tertiary alicyclic amines) is 1. The monoisotopic (exact) mass is 431 g/mol. The molecule has 0 unspecified atom stereocenters. The van der Waals surface area contributed by atoms with Gasteiger partial charge in [0.2, 0.25) is 5.91 Å². The molecular formula is C22H33N5O4. The molecule has 0 atom stereocenters. The number of rotatable bonds is 4. The van der Waals surface area contributed by atoms with Crippen molar-refractivity contribution in [3.8, 4) is 0 Å². The van der Waals surface area contributed by atoms with Crippen LogP contribution < -0.4 is 11.5 Å². The molecule has 0 aromatic heterocycles. The molecule has 0 aromatic carbocycles. The van der Waals surface area contributed by atoms with Crippen LogP contribution in [0.1, 0.15) is 64.7 Å². The molecule has 2 aliphatic heterocycles. The van der Waals surface area contributed by atoms with E-state index in [0.29, 0.717) is 25.7 Å². The largest absolute Gasteiger partial charge is 0.385 e. The van der Waals surface area contributed by atoms with Crippen LogP contribution in [0.2, 0.25) is 0 Å². The molecule has 2 spiro atoms. The maximum Gasteiger partial charge on any atom is 0.334 e. The number of imide groups is 2. The van der Waals surface area contributed by atoms with Crippen molar-refractivity contribution in [3.05, 3.63) is 11.4 Å². The lowest BCUT2D eigenvalue weighted by molar-refractivity contribution is -0.140. The molecule has 2 saturated heterocycles. The van der Waals surface area contributed by atoms with Gasteiger partial charge in [-0.15, -0.1) is 0 Å². The van der Waals surface area contributed by atoms with Crippen LogP contribution in [0, 0.1) is 10.8 Å². The van der Waals surface area contributed by atoms with Crippen molar-refractivity contribution in [2.75, 3.05) is 20.1 Å². The van der Waals surface area contributed by atoms with Gasteiger partial charge in [-0.2, -0.15) is 0 Å². The summed E-state index contributed by atoms with van der Waals surface area (Å²) in [5, 5.41) is 0. The van der Waals surface area contributed by atoms with E-state index in [1.54, 1.807) is 0 Å². The molecule has 2 saturated carbocycles. The average molecular weight is 432 g/mol. The van der Waals surface area contributed by atoms with Gasteiger partial charge in [0.15, 0.2) is 0 Å². The highest BCUT2D eigenvalue weighted by Crippen LogP contribution is 2.64. The molecule has 0 bridgehead atoms. The number of unbranched alkanes of at least 4 members (excludes halogenated alkanes) is 1. The Balaban J connectivity index is 1.46. The summed E-state index contributed by atoms with van der Waals surface area (Å²) in [5.41, 5.74) is 11.3. The Labute approximate surface area is 182 Å². The average Bonchev–Trinajstić information content (AvgIpc) is 2.96. The highest BCUT2D eigenvalue weighted by Gasteiger charge is 2.59. The second-order valence-corrected chi connectivity index (χ2v) is 10.1. The molecule has 4 aliphatic rings. The third-order valence-electron chi connectivity index (χ3n) is 7.76. The fourth-order valence-electron chi connectivity index (χ4n) is 6.44. The zero-order valence-corrected chi connectivity index (χ0v) is 18.5. The van der Waals surface area contributed by atoms with Gasteiger partial charge in [-0.1, -0.05) is 13.3 Å². The van der Waals surface area contributed by atoms with Crippen molar-refractivity contribution in [3.63, 3.8) is 0 Å². The van der Waals surface area contributed by atoms with Crippen molar-refractivity contribution in [2.45, 2.75) is 70.8 Å². The van der Waals surface area contributed by atoms with Crippen LogP contribution in [0.15, 0.2) is 11.4 Å². The molecule has 4 rings (SSSR count). The van der Waals surface area contributed by atoms with Crippen LogP contribution in [-0.2, 0) is 14.4 Å². The molecule has 4 fully saturated rings. The molecule has 9 nitrogen and oxygen atoms in total. The summed E-state index contributed by atoms with van der Waals surface area (Å²) in [7, 11) is 1.87. The molecule has 9 heteroatoms. The molecule has 170 valence electrons. The Morgan fingerprint density at radius 2 is 1.68 bits per heavy atom. The van der Waals surface area contributed by atoms with Crippen LogP contribution in [0.5, 0.6) is 0 Å². The first-order chi connectivity index (χ1) is 14.6. The van der Waals surface area contributed by atoms with Crippen molar-refractivity contribution in [1.29, 1.82) is 0 Å². The summed E-state index contributed by atoms with van der Waals surface area (Å²) >= 11 is 0. The van der Waals surface area contributed by atoms with Gasteiger partial charge in [0.05, 0.1) is 0 Å². The summed E-state index contributed by atoms with van der Waals surface area (Å²) in [4.78, 5) is 55.0. The van der Waals surface area contributed by atoms with Gasteiger partial charge in [0.1, 0.15) is 11.4 Å². The SMILES string of the molecule is CCCCN1C(=O)C(=C(N)N)C(=O)N(C2CCC3(CC2)CC2(CC(=O)N(C)C2)C3)C1=O. The van der Waals surface area contributed by atoms with Crippen LogP contribution in [-0.4, -0.2) is 64.6 Å². The van der Waals surface area contributed by atoms with E-state index in [-0.39, 0.29) is 40.7 Å². The minimum Gasteiger partial charge on any atom is -0.385 e. The number of urea groups is 1. The zero-order chi connectivity index (χ0) is 22.6. The van der Waals surface area contributed by atoms with Crippen LogP contribution in [0.3, 0.4) is 0 Å². The van der Waals surface area contributed by atoms with Gasteiger partial charge >= 0.3 is 6.03 Å². The van der Waals surface area contributed by atoms with E-state index >= 15 is 0 Å². The Kier molecular flexibility index (Phi) is 5.26. The number of carbonyl (C=O) groups excluding carboxylic acids is 4. The van der Waals surface area contributed by atoms with E-state index in [1.165, 1.54) is 4.90 Å². The number of hydrogen-bond donors (Lipinski definition) is 2. The maximum atomic E-state index is 13.1. The smallest absolute Gasteiger partial charge is 0.334 e. The summed E-state index contributed by atoms with van der Waals surface area (Å²) in [6.45, 7) is 3.05. The van der Waals surface area contributed by atoms with Crippen molar-refractivity contribution in [2.24, 2.45) is 22.3 Å². The van der Waals surface area contributed by atoms with E-state index in [9.17, 15) is 19.2 Å². The highest BCUT2D eigenvalue weighted by atomic mass is 16.2. The van der Waals surface area contributed by atoms with E-state index in [1.807, 2.05) is 18.9 Å². The molecule has 4 N–H and O–H groups in total. The molecule has 2 aliphatic carbocycles. The second-order valence-electron chi connectivity index (χ2n) is 10.1. The summed E-state index contributed by atoms with van der Waals surface area (Å²) in [6.07, 6.45) is 7.39. The standard InChI is InChI=1S/C22H33N5O4/c1-3-4-9-26-18(29)16(17(23)24)19(30)27(20(26)31)14-5-7-21(8-6-14)11-22(12-21)10-15(28)25(2)13-22/h14H,3-13,23-24H2,1-2H3. The maximum absolute atomic E-state index is 13.1. The van der Waals surface area contributed by atoms with Gasteiger partial charge in [0.25, 0.3) is 11.8 Å². The number of nitrogens with two attached hydrogens (primary N) is 2. The molecule has 31 heavy (non-hydrogen) atoms. The fraction of sp³-hybridized carbons (Fsp3) is 0.727. The first-order valence-corrected chi connectivity index (χ1v) is 11.3. The van der Waals surface area contributed by atoms with Gasteiger partial charge in [-0.3, -0.25) is 24.2 Å². The second kappa shape index (κ2) is 7.53. The number of carbonyl (C=O) groups is 4. The fourth-order valence-corrected chi connectivity index (χ4v) is 6.44. The third-order valence-corrected chi connectivity index (χ3v) is 7.76. The predicted octanol–water partition coefficient (Wildman–Crippen LogP) is 1.28. The third kappa shape index (κ3) is 3.47. The summed E-state index contributed by atoms with van der Waals surface area (Å²) in [6, 6.07) is -0.816. The Bertz CT molecular complexity index is 846. The van der Waals surface area contributed by atoms with Gasteiger partial charge < -0.3 is 16.4 Å². The Hall–Kier alpha value is -2.58. The van der Waals surface area contributed by atoms with E-state index < -0.39 is 17.8 Å². The van der Waals surface area contributed by atoms with Crippen LogP contribution in [0.4, 0.5) is 4.79 Å². The molecular weight excluding hydrogens is 398 g/mol. The van der Waals surface area contributed by atoms with Crippen LogP contribution >= 0.6 is 0 Å². The Morgan fingerprint density at radius 3 is 2.19 bits per heavy atom. The minimum atomic E-state index is -0.692. The lowest BCUT2D eigenvalue weighted by atomic mass is 9.48. The van der Waals surface area contributed by atoms with E-state index in [4.69, 9.17) is 11.5 Å². The Morgan fingerprint density at radius 1 is 1.03 bits per heavy atom. The quantitative estimate of drug-likeness (QED) is 0.509. The van der Waals surface area contributed by atoms with E-state index in [0.717, 1.165) is 43.5 Å². The molecule has 5 amide bonds. The first kappa shape index (κ1) is 21.6. The number of amides is 5. The first-order valence-electron chi connectivity index (χ1n) is 11.3. The number of nitrogens with zero attached hydrogens (tertiary/aromatic N) is 3. The van der Waals surface area contributed by atoms with Gasteiger partial charge in [-0.05, 0) is 55.8 Å². The number of hydrogen-bond acceptors (Lipinski definition) is 6. The van der Waals surface area contributed by atoms with Crippen LogP contribution in [0.25, 0.3) is 0 Å². The summed E-state index contributed by atoms with van der Waals surface area (Å²) < 4.78 is 0. The molecule has 2 heterocycles. The van der Waals surface area contributed by atoms with Crippen molar-refractivity contribution in [1.82, 2.24) is 14.7 Å². The highest BCUT2D eigenvalue weighted by molar-refractivity contribution is 6.29. The van der Waals surface area contributed by atoms with Crippen molar-refractivity contribution >= 4 is 23.8 Å². The minimum absolute atomic E-state index is 0.114. The molecule has 0 radical (unpaired) electrons. The lowest BCUT2D eigenvalue weighted by Gasteiger charge is -2.58. The topological polar surface area (TPSA) is 130 Å². The number of barbiturate groups is 1. The molecule has 0 aromatic rings. The van der Waals surface area contributed by atoms with E-state index in [2.05, 4.69) is 0 Å². The normalized spacial score (nSPS) is 33.7. The van der Waals surface area contributed by atoms with Gasteiger partial charge in [-0.25, -0.2) is 4.79 Å². The van der Waals surface area contributed by atoms with Crippen molar-refractivity contribution < 1.29 is 19.2 Å². The van der Waals surface area contributed by atoms with Gasteiger partial charge in [0, 0.05) is 32.6 Å². The zero-order valence-electron chi connectivity index (χ0n) is 18.5. The predicted molar refractivity (Wildman–Crippen MR) is 113 cm³/mol. The summed E-state index contributed by atoms with van der Waals surface area (Å²) in [5.74, 6) is -1.47.